The lowest BCUT2D eigenvalue weighted by atomic mass is 9.91. The van der Waals surface area contributed by atoms with Crippen LogP contribution in [0.5, 0.6) is 5.75 Å². The highest BCUT2D eigenvalue weighted by Gasteiger charge is 2.39. The van der Waals surface area contributed by atoms with Gasteiger partial charge < -0.3 is 15.0 Å². The van der Waals surface area contributed by atoms with Gasteiger partial charge in [-0.2, -0.15) is 5.10 Å². The molecule has 1 N–H and O–H groups in total. The molecular weight excluding hydrogens is 400 g/mol. The van der Waals surface area contributed by atoms with Gasteiger partial charge in [0.05, 0.1) is 23.5 Å². The Kier molecular flexibility index (Phi) is 5.21. The summed E-state index contributed by atoms with van der Waals surface area (Å²) in [6, 6.07) is 7.16. The number of fused-ring (bicyclic) bond motifs is 1. The van der Waals surface area contributed by atoms with Crippen LogP contribution in [0.25, 0.3) is 11.3 Å². The van der Waals surface area contributed by atoms with Gasteiger partial charge in [-0.15, -0.1) is 0 Å². The van der Waals surface area contributed by atoms with Crippen LogP contribution in [0.4, 0.5) is 5.69 Å². The number of amides is 1. The number of aromatic nitrogens is 2. The predicted octanol–water partition coefficient (Wildman–Crippen LogP) is 4.48. The first-order valence-corrected chi connectivity index (χ1v) is 12.6. The number of hydrogen-bond acceptors (Lipinski definition) is 4. The highest BCUT2D eigenvalue weighted by molar-refractivity contribution is 5.99. The van der Waals surface area contributed by atoms with Crippen LogP contribution >= 0.6 is 0 Å². The van der Waals surface area contributed by atoms with Crippen molar-refractivity contribution in [1.29, 1.82) is 0 Å². The van der Waals surface area contributed by atoms with Crippen molar-refractivity contribution in [2.45, 2.75) is 82.9 Å². The maximum atomic E-state index is 13.2. The van der Waals surface area contributed by atoms with Gasteiger partial charge in [0.25, 0.3) is 0 Å². The molecule has 2 aromatic rings. The van der Waals surface area contributed by atoms with Gasteiger partial charge in [0, 0.05) is 29.3 Å². The lowest BCUT2D eigenvalue weighted by Gasteiger charge is -2.38. The van der Waals surface area contributed by atoms with Crippen molar-refractivity contribution in [3.05, 3.63) is 30.0 Å². The number of hydrogen-bond donors (Lipinski definition) is 1. The van der Waals surface area contributed by atoms with Gasteiger partial charge in [0.2, 0.25) is 5.91 Å². The molecule has 1 aromatic carbocycles. The summed E-state index contributed by atoms with van der Waals surface area (Å²) in [7, 11) is 0. The molecule has 2 saturated carbocycles. The Hall–Kier alpha value is -2.34. The highest BCUT2D eigenvalue weighted by Crippen LogP contribution is 2.46. The third-order valence-electron chi connectivity index (χ3n) is 7.85. The first-order chi connectivity index (χ1) is 15.7. The van der Waals surface area contributed by atoms with E-state index in [1.54, 1.807) is 0 Å². The molecule has 0 spiro atoms. The molecule has 170 valence electrons. The Balaban J connectivity index is 1.44. The fraction of sp³-hybridized carbons (Fsp3) is 0.615. The van der Waals surface area contributed by atoms with Gasteiger partial charge in [-0.25, -0.2) is 0 Å². The molecule has 1 atom stereocenters. The number of anilines is 1. The van der Waals surface area contributed by atoms with Crippen LogP contribution in [0.2, 0.25) is 0 Å². The zero-order valence-electron chi connectivity index (χ0n) is 19.1. The average molecular weight is 435 g/mol. The van der Waals surface area contributed by atoms with Crippen LogP contribution in [0, 0.1) is 5.92 Å². The molecule has 32 heavy (non-hydrogen) atoms. The quantitative estimate of drug-likeness (QED) is 0.754. The first kappa shape index (κ1) is 20.3. The number of nitrogens with one attached hydrogen (secondary N) is 1. The third kappa shape index (κ3) is 3.53. The summed E-state index contributed by atoms with van der Waals surface area (Å²) >= 11 is 0. The maximum Gasteiger partial charge on any atom is 0.230 e. The SMILES string of the molecule is CC1CCc2c(ccc(-c3ccnn3C3CCNCC3)c2OC2CCC2)N1C(=O)C1CC1. The molecule has 6 nitrogen and oxygen atoms in total. The van der Waals surface area contributed by atoms with Crippen molar-refractivity contribution in [3.63, 3.8) is 0 Å². The molecular formula is C26H34N4O2. The zero-order chi connectivity index (χ0) is 21.7. The Morgan fingerprint density at radius 2 is 1.88 bits per heavy atom. The van der Waals surface area contributed by atoms with Crippen molar-refractivity contribution in [3.8, 4) is 17.0 Å². The van der Waals surface area contributed by atoms with E-state index in [0.29, 0.717) is 18.1 Å². The molecule has 1 saturated heterocycles. The lowest BCUT2D eigenvalue weighted by Crippen LogP contribution is -2.43. The van der Waals surface area contributed by atoms with Crippen molar-refractivity contribution >= 4 is 11.6 Å². The van der Waals surface area contributed by atoms with E-state index in [1.807, 2.05) is 6.20 Å². The van der Waals surface area contributed by atoms with Crippen LogP contribution in [-0.4, -0.2) is 40.9 Å². The van der Waals surface area contributed by atoms with Gasteiger partial charge in [-0.05, 0) is 96.0 Å². The molecule has 4 aliphatic rings. The fourth-order valence-corrected chi connectivity index (χ4v) is 5.53. The molecule has 3 heterocycles. The Bertz CT molecular complexity index is 1000. The fourth-order valence-electron chi connectivity index (χ4n) is 5.53. The van der Waals surface area contributed by atoms with E-state index in [2.05, 4.69) is 40.0 Å². The Morgan fingerprint density at radius 3 is 2.59 bits per heavy atom. The molecule has 1 unspecified atom stereocenters. The highest BCUT2D eigenvalue weighted by atomic mass is 16.5. The van der Waals surface area contributed by atoms with E-state index in [0.717, 1.165) is 87.2 Å². The van der Waals surface area contributed by atoms with Gasteiger partial charge in [0.1, 0.15) is 5.75 Å². The molecule has 2 aliphatic heterocycles. The minimum Gasteiger partial charge on any atom is -0.489 e. The second-order valence-corrected chi connectivity index (χ2v) is 10.1. The van der Waals surface area contributed by atoms with E-state index >= 15 is 0 Å². The lowest BCUT2D eigenvalue weighted by molar-refractivity contribution is -0.120. The van der Waals surface area contributed by atoms with Gasteiger partial charge in [-0.1, -0.05) is 0 Å². The monoisotopic (exact) mass is 434 g/mol. The van der Waals surface area contributed by atoms with E-state index in [1.165, 1.54) is 12.0 Å². The standard InChI is InChI=1S/C26H34N4O2/c1-17-5-8-21-23(29(17)26(31)18-6-7-18)10-9-22(25(21)32-20-3-2-4-20)24-13-16-28-30(24)19-11-14-27-15-12-19/h9-10,13,16-20,27H,2-8,11-12,14-15H2,1H3. The topological polar surface area (TPSA) is 59.4 Å². The van der Waals surface area contributed by atoms with Crippen LogP contribution < -0.4 is 15.0 Å². The molecule has 1 amide bonds. The van der Waals surface area contributed by atoms with Crippen molar-refractivity contribution < 1.29 is 9.53 Å². The van der Waals surface area contributed by atoms with Gasteiger partial charge >= 0.3 is 0 Å². The van der Waals surface area contributed by atoms with Gasteiger partial charge in [-0.3, -0.25) is 9.48 Å². The smallest absolute Gasteiger partial charge is 0.230 e. The molecule has 0 bridgehead atoms. The maximum absolute atomic E-state index is 13.2. The van der Waals surface area contributed by atoms with Crippen molar-refractivity contribution in [1.82, 2.24) is 15.1 Å². The minimum absolute atomic E-state index is 0.223. The van der Waals surface area contributed by atoms with Crippen LogP contribution in [-0.2, 0) is 11.2 Å². The van der Waals surface area contributed by atoms with E-state index in [9.17, 15) is 4.79 Å². The second kappa shape index (κ2) is 8.22. The summed E-state index contributed by atoms with van der Waals surface area (Å²) in [4.78, 5) is 15.3. The number of ether oxygens (including phenoxy) is 1. The Labute approximate surface area is 190 Å². The Morgan fingerprint density at radius 1 is 1.06 bits per heavy atom. The zero-order valence-corrected chi connectivity index (χ0v) is 19.1. The summed E-state index contributed by atoms with van der Waals surface area (Å²) in [6.45, 7) is 4.27. The van der Waals surface area contributed by atoms with Crippen molar-refractivity contribution in [2.75, 3.05) is 18.0 Å². The van der Waals surface area contributed by atoms with Crippen LogP contribution in [0.1, 0.15) is 69.9 Å². The number of nitrogens with zero attached hydrogens (tertiary/aromatic N) is 3. The number of rotatable bonds is 5. The number of piperidine rings is 1. The molecule has 6 rings (SSSR count). The largest absolute Gasteiger partial charge is 0.489 e. The van der Waals surface area contributed by atoms with E-state index < -0.39 is 0 Å². The number of benzene rings is 1. The summed E-state index contributed by atoms with van der Waals surface area (Å²) in [5, 5.41) is 8.20. The average Bonchev–Trinajstić information content (AvgIpc) is 3.53. The normalized spacial score (nSPS) is 24.2. The third-order valence-corrected chi connectivity index (χ3v) is 7.85. The number of carbonyl (C=O) groups excluding carboxylic acids is 1. The van der Waals surface area contributed by atoms with Crippen LogP contribution in [0.3, 0.4) is 0 Å². The molecule has 3 fully saturated rings. The van der Waals surface area contributed by atoms with Crippen LogP contribution in [0.15, 0.2) is 24.4 Å². The van der Waals surface area contributed by atoms with E-state index in [4.69, 9.17) is 9.84 Å². The number of carbonyl (C=O) groups is 1. The first-order valence-electron chi connectivity index (χ1n) is 12.6. The molecule has 0 radical (unpaired) electrons. The predicted molar refractivity (Wildman–Crippen MR) is 125 cm³/mol. The molecule has 6 heteroatoms. The minimum atomic E-state index is 0.223. The molecule has 1 aromatic heterocycles. The summed E-state index contributed by atoms with van der Waals surface area (Å²) in [6.07, 6.45) is 11.9. The van der Waals surface area contributed by atoms with E-state index in [-0.39, 0.29) is 12.0 Å². The second-order valence-electron chi connectivity index (χ2n) is 10.1. The summed E-state index contributed by atoms with van der Waals surface area (Å²) in [5.74, 6) is 1.53. The van der Waals surface area contributed by atoms with Crippen molar-refractivity contribution in [2.24, 2.45) is 5.92 Å². The molecule has 2 aliphatic carbocycles. The summed E-state index contributed by atoms with van der Waals surface area (Å²) in [5.41, 5.74) is 4.58. The summed E-state index contributed by atoms with van der Waals surface area (Å²) < 4.78 is 8.91. The van der Waals surface area contributed by atoms with Gasteiger partial charge in [0.15, 0.2) is 0 Å².